The average Bonchev–Trinajstić information content (AvgIpc) is 1.99. The van der Waals surface area contributed by atoms with Crippen LogP contribution in [0, 0.1) is 11.8 Å². The number of hydrogen-bond donors (Lipinski definition) is 1. The molecule has 88 valence electrons. The first-order chi connectivity index (χ1) is 6.95. The highest BCUT2D eigenvalue weighted by Gasteiger charge is 2.38. The molecule has 0 amide bonds. The van der Waals surface area contributed by atoms with E-state index in [0.717, 1.165) is 19.3 Å². The standard InChI is InChI=1S/C12H22O3/c1-4-15-11(13)8-12(14)6-9(2)5-10(3)7-12/h9-10,14H,4-8H2,1-3H3. The second-order valence-electron chi connectivity index (χ2n) is 5.06. The molecule has 0 spiro atoms. The Balaban J connectivity index is 2.53. The average molecular weight is 214 g/mol. The normalized spacial score (nSPS) is 36.3. The van der Waals surface area contributed by atoms with Crippen molar-refractivity contribution in [3.63, 3.8) is 0 Å². The first-order valence-corrected chi connectivity index (χ1v) is 5.83. The maximum Gasteiger partial charge on any atom is 0.308 e. The predicted molar refractivity (Wildman–Crippen MR) is 58.4 cm³/mol. The van der Waals surface area contributed by atoms with E-state index in [4.69, 9.17) is 4.74 Å². The molecule has 1 rings (SSSR count). The smallest absolute Gasteiger partial charge is 0.308 e. The van der Waals surface area contributed by atoms with Crippen LogP contribution in [0.5, 0.6) is 0 Å². The molecular formula is C12H22O3. The van der Waals surface area contributed by atoms with E-state index < -0.39 is 5.60 Å². The lowest BCUT2D eigenvalue weighted by Gasteiger charge is -2.38. The number of ether oxygens (including phenoxy) is 1. The number of rotatable bonds is 3. The summed E-state index contributed by atoms with van der Waals surface area (Å²) in [5.74, 6) is 0.711. The van der Waals surface area contributed by atoms with E-state index in [-0.39, 0.29) is 12.4 Å². The van der Waals surface area contributed by atoms with Crippen LogP contribution in [0.1, 0.15) is 46.5 Å². The van der Waals surface area contributed by atoms with Crippen molar-refractivity contribution < 1.29 is 14.6 Å². The summed E-state index contributed by atoms with van der Waals surface area (Å²) in [5.41, 5.74) is -0.830. The minimum Gasteiger partial charge on any atom is -0.466 e. The quantitative estimate of drug-likeness (QED) is 0.732. The molecule has 1 saturated carbocycles. The van der Waals surface area contributed by atoms with Gasteiger partial charge >= 0.3 is 5.97 Å². The molecule has 1 fully saturated rings. The van der Waals surface area contributed by atoms with Crippen LogP contribution in [-0.2, 0) is 9.53 Å². The third-order valence-corrected chi connectivity index (χ3v) is 3.04. The first-order valence-electron chi connectivity index (χ1n) is 5.83. The zero-order valence-electron chi connectivity index (χ0n) is 9.95. The second kappa shape index (κ2) is 4.97. The molecule has 15 heavy (non-hydrogen) atoms. The van der Waals surface area contributed by atoms with Gasteiger partial charge in [0.25, 0.3) is 0 Å². The number of carbonyl (C=O) groups is 1. The van der Waals surface area contributed by atoms with E-state index in [0.29, 0.717) is 18.4 Å². The largest absolute Gasteiger partial charge is 0.466 e. The van der Waals surface area contributed by atoms with E-state index in [9.17, 15) is 9.90 Å². The highest BCUT2D eigenvalue weighted by Crippen LogP contribution is 2.37. The van der Waals surface area contributed by atoms with E-state index in [2.05, 4.69) is 13.8 Å². The van der Waals surface area contributed by atoms with Crippen LogP contribution in [-0.4, -0.2) is 23.3 Å². The number of aliphatic hydroxyl groups is 1. The lowest BCUT2D eigenvalue weighted by atomic mass is 9.72. The van der Waals surface area contributed by atoms with Crippen molar-refractivity contribution in [1.29, 1.82) is 0 Å². The zero-order valence-corrected chi connectivity index (χ0v) is 9.95. The fourth-order valence-electron chi connectivity index (χ4n) is 2.86. The molecule has 0 bridgehead atoms. The van der Waals surface area contributed by atoms with Crippen molar-refractivity contribution in [2.45, 2.75) is 52.1 Å². The molecule has 0 aromatic heterocycles. The van der Waals surface area contributed by atoms with Crippen molar-refractivity contribution in [2.75, 3.05) is 6.61 Å². The zero-order chi connectivity index (χ0) is 11.5. The van der Waals surface area contributed by atoms with Gasteiger partial charge in [-0.15, -0.1) is 0 Å². The molecule has 1 aliphatic carbocycles. The highest BCUT2D eigenvalue weighted by molar-refractivity contribution is 5.70. The molecule has 0 aromatic rings. The van der Waals surface area contributed by atoms with Crippen molar-refractivity contribution in [3.8, 4) is 0 Å². The van der Waals surface area contributed by atoms with Crippen molar-refractivity contribution in [2.24, 2.45) is 11.8 Å². The lowest BCUT2D eigenvalue weighted by molar-refractivity contribution is -0.151. The van der Waals surface area contributed by atoms with Crippen molar-refractivity contribution in [3.05, 3.63) is 0 Å². The summed E-state index contributed by atoms with van der Waals surface area (Å²) in [6, 6.07) is 0. The van der Waals surface area contributed by atoms with Crippen LogP contribution in [0.2, 0.25) is 0 Å². The molecule has 1 aliphatic rings. The van der Waals surface area contributed by atoms with Gasteiger partial charge in [-0.25, -0.2) is 0 Å². The monoisotopic (exact) mass is 214 g/mol. The molecule has 1 N–H and O–H groups in total. The number of esters is 1. The predicted octanol–water partition coefficient (Wildman–Crippen LogP) is 2.13. The minimum absolute atomic E-state index is 0.148. The fourth-order valence-corrected chi connectivity index (χ4v) is 2.86. The Bertz CT molecular complexity index is 215. The van der Waals surface area contributed by atoms with Crippen LogP contribution in [0.4, 0.5) is 0 Å². The van der Waals surface area contributed by atoms with Crippen LogP contribution >= 0.6 is 0 Å². The SMILES string of the molecule is CCOC(=O)CC1(O)CC(C)CC(C)C1. The van der Waals surface area contributed by atoms with Gasteiger partial charge in [-0.3, -0.25) is 4.79 Å². The van der Waals surface area contributed by atoms with Crippen LogP contribution in [0.25, 0.3) is 0 Å². The van der Waals surface area contributed by atoms with Crippen LogP contribution < -0.4 is 0 Å². The molecule has 3 nitrogen and oxygen atoms in total. The van der Waals surface area contributed by atoms with Gasteiger partial charge < -0.3 is 9.84 Å². The molecule has 3 heteroatoms. The van der Waals surface area contributed by atoms with Gasteiger partial charge in [0.05, 0.1) is 18.6 Å². The Hall–Kier alpha value is -0.570. The third kappa shape index (κ3) is 3.82. The van der Waals surface area contributed by atoms with E-state index >= 15 is 0 Å². The second-order valence-corrected chi connectivity index (χ2v) is 5.06. The van der Waals surface area contributed by atoms with Crippen molar-refractivity contribution >= 4 is 5.97 Å². The van der Waals surface area contributed by atoms with Gasteiger partial charge in [-0.05, 0) is 38.0 Å². The van der Waals surface area contributed by atoms with Gasteiger partial charge in [-0.2, -0.15) is 0 Å². The van der Waals surface area contributed by atoms with E-state index in [1.807, 2.05) is 0 Å². The first kappa shape index (κ1) is 12.5. The Morgan fingerprint density at radius 1 is 1.40 bits per heavy atom. The molecular weight excluding hydrogens is 192 g/mol. The Kier molecular flexibility index (Phi) is 4.14. The summed E-state index contributed by atoms with van der Waals surface area (Å²) in [5, 5.41) is 10.3. The van der Waals surface area contributed by atoms with E-state index in [1.54, 1.807) is 6.92 Å². The summed E-state index contributed by atoms with van der Waals surface area (Å²) < 4.78 is 4.88. The maximum absolute atomic E-state index is 11.3. The van der Waals surface area contributed by atoms with Crippen LogP contribution in [0.15, 0.2) is 0 Å². The van der Waals surface area contributed by atoms with Crippen LogP contribution in [0.3, 0.4) is 0 Å². The summed E-state index contributed by atoms with van der Waals surface area (Å²) in [7, 11) is 0. The summed E-state index contributed by atoms with van der Waals surface area (Å²) in [6.07, 6.45) is 2.73. The van der Waals surface area contributed by atoms with Gasteiger partial charge in [0.1, 0.15) is 0 Å². The Morgan fingerprint density at radius 2 is 1.93 bits per heavy atom. The molecule has 0 heterocycles. The maximum atomic E-state index is 11.3. The topological polar surface area (TPSA) is 46.5 Å². The summed E-state index contributed by atoms with van der Waals surface area (Å²) in [6.45, 7) is 6.44. The fraction of sp³-hybridized carbons (Fsp3) is 0.917. The molecule has 0 aromatic carbocycles. The third-order valence-electron chi connectivity index (χ3n) is 3.04. The number of carbonyl (C=O) groups excluding carboxylic acids is 1. The molecule has 0 aliphatic heterocycles. The molecule has 2 unspecified atom stereocenters. The molecule has 0 saturated heterocycles. The Labute approximate surface area is 91.8 Å². The van der Waals surface area contributed by atoms with Gasteiger partial charge in [0, 0.05) is 0 Å². The summed E-state index contributed by atoms with van der Waals surface area (Å²) >= 11 is 0. The number of hydrogen-bond acceptors (Lipinski definition) is 3. The van der Waals surface area contributed by atoms with Crippen molar-refractivity contribution in [1.82, 2.24) is 0 Å². The lowest BCUT2D eigenvalue weighted by Crippen LogP contribution is -2.40. The summed E-state index contributed by atoms with van der Waals surface area (Å²) in [4.78, 5) is 11.3. The molecule has 0 radical (unpaired) electrons. The molecule has 2 atom stereocenters. The Morgan fingerprint density at radius 3 is 2.40 bits per heavy atom. The van der Waals surface area contributed by atoms with Gasteiger partial charge in [-0.1, -0.05) is 13.8 Å². The minimum atomic E-state index is -0.830. The highest BCUT2D eigenvalue weighted by atomic mass is 16.5. The van der Waals surface area contributed by atoms with E-state index in [1.165, 1.54) is 0 Å². The van der Waals surface area contributed by atoms with Gasteiger partial charge in [0.2, 0.25) is 0 Å². The van der Waals surface area contributed by atoms with Gasteiger partial charge in [0.15, 0.2) is 0 Å².